The van der Waals surface area contributed by atoms with Gasteiger partial charge in [0.1, 0.15) is 5.54 Å². The quantitative estimate of drug-likeness (QED) is 0.668. The van der Waals surface area contributed by atoms with Gasteiger partial charge in [-0.25, -0.2) is 4.79 Å². The van der Waals surface area contributed by atoms with E-state index < -0.39 is 23.2 Å². The van der Waals surface area contributed by atoms with Crippen LogP contribution in [0.1, 0.15) is 18.1 Å². The third kappa shape index (κ3) is 3.39. The Morgan fingerprint density at radius 2 is 1.80 bits per heavy atom. The predicted octanol–water partition coefficient (Wildman–Crippen LogP) is 2.87. The highest BCUT2D eigenvalue weighted by molar-refractivity contribution is 5.82. The zero-order valence-corrected chi connectivity index (χ0v) is 11.3. The van der Waals surface area contributed by atoms with Gasteiger partial charge in [-0.1, -0.05) is 18.2 Å². The fourth-order valence-corrected chi connectivity index (χ4v) is 1.77. The van der Waals surface area contributed by atoms with Crippen molar-refractivity contribution in [1.82, 2.24) is 5.32 Å². The van der Waals surface area contributed by atoms with Crippen LogP contribution in [0, 0.1) is 0 Å². The first-order valence-corrected chi connectivity index (χ1v) is 5.87. The Labute approximate surface area is 115 Å². The van der Waals surface area contributed by atoms with Gasteiger partial charge in [0.2, 0.25) is 0 Å². The average Bonchev–Trinajstić information content (AvgIpc) is 2.43. The van der Waals surface area contributed by atoms with Crippen LogP contribution in [0.3, 0.4) is 0 Å². The predicted molar refractivity (Wildman–Crippen MR) is 69.0 cm³/mol. The molecule has 0 amide bonds. The van der Waals surface area contributed by atoms with Crippen molar-refractivity contribution in [3.8, 4) is 0 Å². The number of carbonyl (C=O) groups excluding carboxylic acids is 1. The first-order valence-electron chi connectivity index (χ1n) is 5.87. The summed E-state index contributed by atoms with van der Waals surface area (Å²) in [7, 11) is 1.22. The summed E-state index contributed by atoms with van der Waals surface area (Å²) < 4.78 is 42.3. The molecule has 0 saturated carbocycles. The first kappa shape index (κ1) is 16.2. The van der Waals surface area contributed by atoms with E-state index >= 15 is 0 Å². The second kappa shape index (κ2) is 6.09. The number of benzene rings is 1. The molecule has 1 unspecified atom stereocenters. The van der Waals surface area contributed by atoms with Gasteiger partial charge in [0.15, 0.2) is 0 Å². The SMILES string of the molecule is C=CCNC(C)(C(=O)OC)c1ccc(C(F)(F)F)cc1. The molecule has 0 spiro atoms. The lowest BCUT2D eigenvalue weighted by Crippen LogP contribution is -2.47. The number of esters is 1. The molecule has 1 atom stereocenters. The highest BCUT2D eigenvalue weighted by Crippen LogP contribution is 2.31. The van der Waals surface area contributed by atoms with Crippen LogP contribution in [0.2, 0.25) is 0 Å². The van der Waals surface area contributed by atoms with Gasteiger partial charge >= 0.3 is 12.1 Å². The molecule has 0 heterocycles. The lowest BCUT2D eigenvalue weighted by atomic mass is 9.91. The molecule has 6 heteroatoms. The van der Waals surface area contributed by atoms with E-state index in [2.05, 4.69) is 11.9 Å². The zero-order valence-electron chi connectivity index (χ0n) is 11.3. The van der Waals surface area contributed by atoms with Gasteiger partial charge in [-0.15, -0.1) is 6.58 Å². The molecule has 0 aliphatic heterocycles. The maximum atomic E-state index is 12.5. The molecule has 1 aromatic rings. The third-order valence-electron chi connectivity index (χ3n) is 2.98. The third-order valence-corrected chi connectivity index (χ3v) is 2.98. The van der Waals surface area contributed by atoms with Crippen LogP contribution in [0.25, 0.3) is 0 Å². The normalized spacial score (nSPS) is 14.4. The van der Waals surface area contributed by atoms with Crippen molar-refractivity contribution in [2.75, 3.05) is 13.7 Å². The number of alkyl halides is 3. The lowest BCUT2D eigenvalue weighted by molar-refractivity contribution is -0.148. The Morgan fingerprint density at radius 1 is 1.30 bits per heavy atom. The molecule has 3 nitrogen and oxygen atoms in total. The largest absolute Gasteiger partial charge is 0.467 e. The number of carbonyl (C=O) groups is 1. The number of hydrogen-bond acceptors (Lipinski definition) is 3. The smallest absolute Gasteiger partial charge is 0.416 e. The molecule has 1 N–H and O–H groups in total. The molecule has 0 aliphatic carbocycles. The Balaban J connectivity index is 3.15. The summed E-state index contributed by atoms with van der Waals surface area (Å²) in [6, 6.07) is 4.39. The summed E-state index contributed by atoms with van der Waals surface area (Å²) in [5.74, 6) is -0.584. The van der Waals surface area contributed by atoms with E-state index in [1.54, 1.807) is 13.0 Å². The fourth-order valence-electron chi connectivity index (χ4n) is 1.77. The first-order chi connectivity index (χ1) is 9.25. The molecule has 1 rings (SSSR count). The van der Waals surface area contributed by atoms with Gasteiger partial charge in [0.05, 0.1) is 12.7 Å². The van der Waals surface area contributed by atoms with Crippen molar-refractivity contribution < 1.29 is 22.7 Å². The van der Waals surface area contributed by atoms with Crippen molar-refractivity contribution in [2.24, 2.45) is 0 Å². The monoisotopic (exact) mass is 287 g/mol. The summed E-state index contributed by atoms with van der Waals surface area (Å²) in [5.41, 5.74) is -1.61. The van der Waals surface area contributed by atoms with E-state index in [0.717, 1.165) is 12.1 Å². The Hall–Kier alpha value is -1.82. The summed E-state index contributed by atoms with van der Waals surface area (Å²) in [6.45, 7) is 5.38. The van der Waals surface area contributed by atoms with E-state index in [1.165, 1.54) is 19.2 Å². The molecule has 1 aromatic carbocycles. The number of halogens is 3. The minimum Gasteiger partial charge on any atom is -0.467 e. The van der Waals surface area contributed by atoms with Crippen LogP contribution in [-0.4, -0.2) is 19.6 Å². The van der Waals surface area contributed by atoms with Crippen LogP contribution in [0.5, 0.6) is 0 Å². The van der Waals surface area contributed by atoms with E-state index in [1.807, 2.05) is 0 Å². The molecular weight excluding hydrogens is 271 g/mol. The number of ether oxygens (including phenoxy) is 1. The summed E-state index contributed by atoms with van der Waals surface area (Å²) in [5, 5.41) is 2.90. The van der Waals surface area contributed by atoms with Crippen molar-refractivity contribution >= 4 is 5.97 Å². The van der Waals surface area contributed by atoms with Crippen molar-refractivity contribution in [2.45, 2.75) is 18.6 Å². The Bertz CT molecular complexity index is 482. The van der Waals surface area contributed by atoms with Gasteiger partial charge in [0, 0.05) is 6.54 Å². The minimum atomic E-state index is -4.41. The van der Waals surface area contributed by atoms with E-state index in [9.17, 15) is 18.0 Å². The number of hydrogen-bond donors (Lipinski definition) is 1. The molecule has 0 aliphatic rings. The van der Waals surface area contributed by atoms with Gasteiger partial charge in [-0.2, -0.15) is 13.2 Å². The molecule has 0 bridgehead atoms. The Kier molecular flexibility index (Phi) is 4.94. The van der Waals surface area contributed by atoms with Crippen LogP contribution in [0.15, 0.2) is 36.9 Å². The molecule has 20 heavy (non-hydrogen) atoms. The molecule has 0 aromatic heterocycles. The number of methoxy groups -OCH3 is 1. The van der Waals surface area contributed by atoms with Gasteiger partial charge in [-0.05, 0) is 24.6 Å². The van der Waals surface area contributed by atoms with Gasteiger partial charge < -0.3 is 4.74 Å². The highest BCUT2D eigenvalue weighted by Gasteiger charge is 2.37. The van der Waals surface area contributed by atoms with E-state index in [-0.39, 0.29) is 0 Å². The second-order valence-electron chi connectivity index (χ2n) is 4.36. The number of rotatable bonds is 5. The molecular formula is C14H16F3NO2. The highest BCUT2D eigenvalue weighted by atomic mass is 19.4. The van der Waals surface area contributed by atoms with Crippen LogP contribution < -0.4 is 5.32 Å². The second-order valence-corrected chi connectivity index (χ2v) is 4.36. The van der Waals surface area contributed by atoms with Crippen LogP contribution in [-0.2, 0) is 21.2 Å². The Morgan fingerprint density at radius 3 is 2.20 bits per heavy atom. The van der Waals surface area contributed by atoms with Gasteiger partial charge in [-0.3, -0.25) is 5.32 Å². The summed E-state index contributed by atoms with van der Waals surface area (Å²) in [4.78, 5) is 11.9. The minimum absolute atomic E-state index is 0.312. The van der Waals surface area contributed by atoms with E-state index in [0.29, 0.717) is 12.1 Å². The fraction of sp³-hybridized carbons (Fsp3) is 0.357. The summed E-state index contributed by atoms with van der Waals surface area (Å²) >= 11 is 0. The lowest BCUT2D eigenvalue weighted by Gasteiger charge is -2.28. The van der Waals surface area contributed by atoms with Crippen molar-refractivity contribution in [1.29, 1.82) is 0 Å². The van der Waals surface area contributed by atoms with Crippen LogP contribution in [0.4, 0.5) is 13.2 Å². The molecule has 0 radical (unpaired) electrons. The average molecular weight is 287 g/mol. The van der Waals surface area contributed by atoms with Crippen molar-refractivity contribution in [3.05, 3.63) is 48.0 Å². The molecule has 110 valence electrons. The standard InChI is InChI=1S/C14H16F3NO2/c1-4-9-18-13(2,12(19)20-3)10-5-7-11(8-6-10)14(15,16)17/h4-8,18H,1,9H2,2-3H3. The molecule has 0 fully saturated rings. The maximum Gasteiger partial charge on any atom is 0.416 e. The van der Waals surface area contributed by atoms with E-state index in [4.69, 9.17) is 4.74 Å². The topological polar surface area (TPSA) is 38.3 Å². The van der Waals surface area contributed by atoms with Gasteiger partial charge in [0.25, 0.3) is 0 Å². The van der Waals surface area contributed by atoms with Crippen LogP contribution >= 0.6 is 0 Å². The zero-order chi connectivity index (χ0) is 15.4. The summed E-state index contributed by atoms with van der Waals surface area (Å²) in [6.07, 6.45) is -2.86. The molecule has 0 saturated heterocycles. The maximum absolute atomic E-state index is 12.5. The number of nitrogens with one attached hydrogen (secondary N) is 1. The van der Waals surface area contributed by atoms with Crippen molar-refractivity contribution in [3.63, 3.8) is 0 Å².